The van der Waals surface area contributed by atoms with E-state index in [2.05, 4.69) is 508 Å². The van der Waals surface area contributed by atoms with E-state index in [-0.39, 0.29) is 5.41 Å². The van der Waals surface area contributed by atoms with Crippen LogP contribution in [0.15, 0.2) is 455 Å². The van der Waals surface area contributed by atoms with Crippen molar-refractivity contribution in [3.8, 4) is 67.3 Å². The lowest BCUT2D eigenvalue weighted by atomic mass is 9.87. The van der Waals surface area contributed by atoms with Gasteiger partial charge in [-0.25, -0.2) is 0 Å². The number of fused-ring (bicyclic) bond motifs is 25. The summed E-state index contributed by atoms with van der Waals surface area (Å²) in [6, 6.07) is 167. The molecule has 0 saturated carbocycles. The molecule has 0 N–H and O–H groups in total. The first-order valence-corrected chi connectivity index (χ1v) is 50.6. The second-order valence-electron chi connectivity index (χ2n) is 37.6. The molecule has 654 valence electrons. The Kier molecular flexibility index (Phi) is 20.1. The van der Waals surface area contributed by atoms with Gasteiger partial charge in [-0.2, -0.15) is 0 Å². The van der Waals surface area contributed by atoms with E-state index in [9.17, 15) is 0 Å². The van der Waals surface area contributed by atoms with Crippen LogP contribution < -0.4 is 0 Å². The van der Waals surface area contributed by atoms with Crippen molar-refractivity contribution in [3.63, 3.8) is 0 Å². The van der Waals surface area contributed by atoms with Gasteiger partial charge in [-0.1, -0.05) is 312 Å². The predicted molar refractivity (Wildman–Crippen MR) is 602 cm³/mol. The second-order valence-corrected chi connectivity index (χ2v) is 41.9. The average molecular weight is 1840 g/mol. The summed E-state index contributed by atoms with van der Waals surface area (Å²) in [7, 11) is 0. The van der Waals surface area contributed by atoms with E-state index in [4.69, 9.17) is 0 Å². The lowest BCUT2D eigenvalue weighted by Crippen LogP contribution is -2.10. The molecule has 138 heavy (non-hydrogen) atoms. The van der Waals surface area contributed by atoms with E-state index < -0.39 is 0 Å². The minimum absolute atomic E-state index is 0.136. The van der Waals surface area contributed by atoms with E-state index in [1.54, 1.807) is 0 Å². The molecule has 0 atom stereocenters. The molecule has 8 heterocycles. The maximum atomic E-state index is 2.44. The number of benzene rings is 21. The van der Waals surface area contributed by atoms with Crippen molar-refractivity contribution >= 4 is 224 Å². The van der Waals surface area contributed by atoms with Crippen LogP contribution in [0, 0.1) is 13.8 Å². The van der Waals surface area contributed by atoms with Crippen LogP contribution in [0.25, 0.3) is 246 Å². The number of nitrogens with zero attached hydrogens (tertiary/aromatic N) is 4. The van der Waals surface area contributed by atoms with Gasteiger partial charge in [0.1, 0.15) is 0 Å². The SMILES string of the molecule is CC(C)(C)c1ccc(-n2c3ccccc3c3ccc(-c4ccc5sc6ccccc6c5c4)cc32)cc1.Cc1cc(C)cc(-n2c3ccccc3c3ccc(-c4ccc5sc6ccccc6c5c4)cc32)c1.c1ccc(-n2c3ccccc3c3ccc(-c4ccc5sc6ccccc6c5c4)cc32)cc1.c1ccc2c(-n3c4ccccc4c4ccc(-c5ccc6sc7ccccc7c6c5)cc43)cccc2c1. The molecule has 4 nitrogen and oxygen atoms in total. The van der Waals surface area contributed by atoms with Crippen LogP contribution in [0.4, 0.5) is 0 Å². The Balaban J connectivity index is 0.0000000952. The minimum Gasteiger partial charge on any atom is -0.309 e. The summed E-state index contributed by atoms with van der Waals surface area (Å²) in [5, 5.41) is 23.5. The number of hydrogen-bond acceptors (Lipinski definition) is 4. The van der Waals surface area contributed by atoms with Crippen LogP contribution >= 0.6 is 45.3 Å². The van der Waals surface area contributed by atoms with Gasteiger partial charge in [0.15, 0.2) is 0 Å². The van der Waals surface area contributed by atoms with Crippen molar-refractivity contribution < 1.29 is 0 Å². The van der Waals surface area contributed by atoms with Crippen molar-refractivity contribution in [2.24, 2.45) is 0 Å². The topological polar surface area (TPSA) is 19.7 Å². The van der Waals surface area contributed by atoms with Crippen LogP contribution in [-0.2, 0) is 5.41 Å². The van der Waals surface area contributed by atoms with Gasteiger partial charge in [0.25, 0.3) is 0 Å². The van der Waals surface area contributed by atoms with Crippen LogP contribution in [0.3, 0.4) is 0 Å². The monoisotopic (exact) mass is 1830 g/mol. The first kappa shape index (κ1) is 82.6. The Labute approximate surface area is 814 Å². The van der Waals surface area contributed by atoms with E-state index in [1.165, 1.54) is 263 Å². The maximum absolute atomic E-state index is 2.44. The molecule has 0 spiro atoms. The average Bonchev–Trinajstić information content (AvgIpc) is 1.58. The number of hydrogen-bond donors (Lipinski definition) is 0. The molecule has 8 aromatic heterocycles. The Bertz CT molecular complexity index is 9920. The Morgan fingerprint density at radius 1 is 0.167 bits per heavy atom. The van der Waals surface area contributed by atoms with Gasteiger partial charge in [0.2, 0.25) is 0 Å². The van der Waals surface area contributed by atoms with E-state index in [0.29, 0.717) is 0 Å². The Hall–Kier alpha value is -16.0. The molecule has 21 aromatic carbocycles. The van der Waals surface area contributed by atoms with Crippen LogP contribution in [0.5, 0.6) is 0 Å². The fraction of sp³-hybridized carbons (Fsp3) is 0.0462. The molecule has 0 fully saturated rings. The first-order valence-electron chi connectivity index (χ1n) is 47.4. The third-order valence-electron chi connectivity index (χ3n) is 28.0. The highest BCUT2D eigenvalue weighted by Crippen LogP contribution is 2.47. The molecule has 0 radical (unpaired) electrons. The quantitative estimate of drug-likeness (QED) is 0.144. The molecule has 0 aliphatic heterocycles. The van der Waals surface area contributed by atoms with E-state index in [1.807, 2.05) is 45.3 Å². The largest absolute Gasteiger partial charge is 0.309 e. The number of para-hydroxylation sites is 5. The van der Waals surface area contributed by atoms with Gasteiger partial charge in [-0.3, -0.25) is 0 Å². The molecule has 8 heteroatoms. The van der Waals surface area contributed by atoms with Gasteiger partial charge in [0.05, 0.1) is 49.8 Å². The van der Waals surface area contributed by atoms with Crippen LogP contribution in [-0.4, -0.2) is 18.3 Å². The molecular formula is C130H90N4S4. The molecule has 0 unspecified atom stereocenters. The van der Waals surface area contributed by atoms with Gasteiger partial charge >= 0.3 is 0 Å². The molecule has 0 saturated heterocycles. The minimum atomic E-state index is 0.136. The summed E-state index contributed by atoms with van der Waals surface area (Å²) >= 11 is 7.47. The summed E-state index contributed by atoms with van der Waals surface area (Å²) in [5.41, 5.74) is 28.8. The van der Waals surface area contributed by atoms with Crippen LogP contribution in [0.2, 0.25) is 0 Å². The molecule has 29 aromatic rings. The van der Waals surface area contributed by atoms with Gasteiger partial charge in [-0.15, -0.1) is 45.3 Å². The number of thiophene rings is 4. The highest BCUT2D eigenvalue weighted by Gasteiger charge is 2.23. The zero-order valence-corrected chi connectivity index (χ0v) is 80.0. The number of aryl methyl sites for hydroxylation is 2. The summed E-state index contributed by atoms with van der Waals surface area (Å²) in [6.45, 7) is 11.2. The lowest BCUT2D eigenvalue weighted by molar-refractivity contribution is 0.590. The molecule has 29 rings (SSSR count). The van der Waals surface area contributed by atoms with Gasteiger partial charge < -0.3 is 18.3 Å². The van der Waals surface area contributed by atoms with Crippen molar-refractivity contribution in [1.29, 1.82) is 0 Å². The number of rotatable bonds is 8. The van der Waals surface area contributed by atoms with E-state index >= 15 is 0 Å². The maximum Gasteiger partial charge on any atom is 0.0547 e. The fourth-order valence-electron chi connectivity index (χ4n) is 21.5. The Morgan fingerprint density at radius 2 is 0.428 bits per heavy atom. The third kappa shape index (κ3) is 14.3. The smallest absolute Gasteiger partial charge is 0.0547 e. The van der Waals surface area contributed by atoms with Crippen molar-refractivity contribution in [1.82, 2.24) is 18.3 Å². The van der Waals surface area contributed by atoms with Gasteiger partial charge in [0, 0.05) is 146 Å². The molecule has 0 bridgehead atoms. The second kappa shape index (κ2) is 33.5. The van der Waals surface area contributed by atoms with Crippen molar-refractivity contribution in [2.45, 2.75) is 40.0 Å². The predicted octanol–water partition coefficient (Wildman–Crippen LogP) is 38.3. The zero-order valence-electron chi connectivity index (χ0n) is 76.7. The molecule has 0 aliphatic rings. The molecular weight excluding hydrogens is 1750 g/mol. The highest BCUT2D eigenvalue weighted by atomic mass is 32.1. The van der Waals surface area contributed by atoms with Crippen molar-refractivity contribution in [3.05, 3.63) is 472 Å². The molecule has 0 aliphatic carbocycles. The standard InChI is InChI=1S/C34H21NS.C34H27NS.C32H23NS.C30H19NS/c1-2-10-25-22(8-1)9-7-14-30(25)35-31-13-5-3-11-26(31)27-18-16-24(21-32(27)35)23-17-19-34-29(20-23)28-12-4-6-15-33(28)36-34;1-34(2,3)24-14-16-25(17-15-24)35-30-10-6-4-8-26(30)27-18-12-23(21-31(27)35)22-13-19-33-29(20-22)28-9-5-7-11-32(28)36-33;1-20-15-21(2)17-24(16-20)33-29-9-5-3-7-25(29)26-13-11-23(19-30(26)33)22-12-14-32-28(18-22)27-8-4-6-10-31(27)34-32;1-2-8-22(9-3-1)31-27-12-6-4-10-23(27)24-16-14-21(19-28(24)31)20-15-17-30-26(18-20)25-11-5-7-13-29(25)32-30/h1-21H;4-21H,1-3H3;3-19H,1-2H3;1-19H. The van der Waals surface area contributed by atoms with E-state index in [0.717, 1.165) is 0 Å². The normalized spacial score (nSPS) is 11.9. The summed E-state index contributed by atoms with van der Waals surface area (Å²) in [6.07, 6.45) is 0. The zero-order chi connectivity index (χ0) is 92.0. The molecule has 0 amide bonds. The summed E-state index contributed by atoms with van der Waals surface area (Å²) in [4.78, 5) is 0. The summed E-state index contributed by atoms with van der Waals surface area (Å²) in [5.74, 6) is 0. The summed E-state index contributed by atoms with van der Waals surface area (Å²) < 4.78 is 20.4. The third-order valence-corrected chi connectivity index (χ3v) is 32.6. The fourth-order valence-corrected chi connectivity index (χ4v) is 25.8. The van der Waals surface area contributed by atoms with Gasteiger partial charge in [-0.05, 0) is 250 Å². The Morgan fingerprint density at radius 3 is 0.790 bits per heavy atom. The highest BCUT2D eigenvalue weighted by molar-refractivity contribution is 7.27. The lowest BCUT2D eigenvalue weighted by Gasteiger charge is -2.19. The first-order chi connectivity index (χ1) is 67.8. The van der Waals surface area contributed by atoms with Crippen LogP contribution in [0.1, 0.15) is 37.5 Å². The van der Waals surface area contributed by atoms with Crippen molar-refractivity contribution in [2.75, 3.05) is 0 Å². The number of aromatic nitrogens is 4.